The minimum atomic E-state index is 0.00164. The van der Waals surface area contributed by atoms with Crippen molar-refractivity contribution < 1.29 is 4.79 Å². The predicted molar refractivity (Wildman–Crippen MR) is 78.1 cm³/mol. The average molecular weight is 273 g/mol. The van der Waals surface area contributed by atoms with Gasteiger partial charge in [0.05, 0.1) is 0 Å². The molecule has 1 aromatic heterocycles. The van der Waals surface area contributed by atoms with Gasteiger partial charge in [0.15, 0.2) is 5.82 Å². The summed E-state index contributed by atoms with van der Waals surface area (Å²) in [6.45, 7) is 2.46. The lowest BCUT2D eigenvalue weighted by Gasteiger charge is -2.06. The lowest BCUT2D eigenvalue weighted by atomic mass is 10.2. The van der Waals surface area contributed by atoms with Crippen LogP contribution in [0, 0.1) is 6.92 Å². The molecule has 6 nitrogen and oxygen atoms in total. The fourth-order valence-corrected chi connectivity index (χ4v) is 1.86. The van der Waals surface area contributed by atoms with Gasteiger partial charge >= 0.3 is 0 Å². The molecule has 0 saturated heterocycles. The van der Waals surface area contributed by atoms with Crippen LogP contribution in [0.15, 0.2) is 24.3 Å². The molecule has 0 atom stereocenters. The van der Waals surface area contributed by atoms with Crippen LogP contribution in [-0.4, -0.2) is 27.6 Å². The number of nitrogens with one attached hydrogen (secondary N) is 2. The third-order valence-electron chi connectivity index (χ3n) is 2.86. The Labute approximate surface area is 117 Å². The van der Waals surface area contributed by atoms with Gasteiger partial charge in [-0.15, -0.1) is 0 Å². The van der Waals surface area contributed by atoms with Crippen LogP contribution in [0.4, 0.5) is 5.69 Å². The van der Waals surface area contributed by atoms with E-state index in [0.717, 1.165) is 29.9 Å². The van der Waals surface area contributed by atoms with Crippen molar-refractivity contribution in [3.8, 4) is 11.4 Å². The standard InChI is InChI=1S/C14H19N5O/c1-10-16-14(19-18-10)11-5-4-6-12(9-11)17-13(20)7-2-3-8-15/h4-6,9H,2-3,7-8,15H2,1H3,(H,17,20)(H,16,18,19). The second-order valence-electron chi connectivity index (χ2n) is 4.62. The number of aromatic amines is 1. The van der Waals surface area contributed by atoms with Gasteiger partial charge in [0.2, 0.25) is 5.91 Å². The molecule has 0 aliphatic carbocycles. The summed E-state index contributed by atoms with van der Waals surface area (Å²) in [5, 5.41) is 9.78. The van der Waals surface area contributed by atoms with E-state index >= 15 is 0 Å². The number of carbonyl (C=O) groups excluding carboxylic acids is 1. The van der Waals surface area contributed by atoms with E-state index in [1.807, 2.05) is 31.2 Å². The fraction of sp³-hybridized carbons (Fsp3) is 0.357. The summed E-state index contributed by atoms with van der Waals surface area (Å²) in [4.78, 5) is 16.0. The molecular weight excluding hydrogens is 254 g/mol. The van der Waals surface area contributed by atoms with Crippen LogP contribution < -0.4 is 11.1 Å². The lowest BCUT2D eigenvalue weighted by Crippen LogP contribution is -2.12. The molecule has 6 heteroatoms. The summed E-state index contributed by atoms with van der Waals surface area (Å²) in [5.41, 5.74) is 7.03. The Morgan fingerprint density at radius 2 is 2.25 bits per heavy atom. The van der Waals surface area contributed by atoms with Crippen LogP contribution in [0.2, 0.25) is 0 Å². The first kappa shape index (κ1) is 14.2. The Balaban J connectivity index is 2.01. The smallest absolute Gasteiger partial charge is 0.224 e. The Morgan fingerprint density at radius 1 is 1.40 bits per heavy atom. The maximum atomic E-state index is 11.7. The zero-order chi connectivity index (χ0) is 14.4. The van der Waals surface area contributed by atoms with Gasteiger partial charge < -0.3 is 11.1 Å². The highest BCUT2D eigenvalue weighted by atomic mass is 16.1. The molecule has 20 heavy (non-hydrogen) atoms. The average Bonchev–Trinajstić information content (AvgIpc) is 2.86. The van der Waals surface area contributed by atoms with Gasteiger partial charge in [-0.05, 0) is 38.4 Å². The highest BCUT2D eigenvalue weighted by molar-refractivity contribution is 5.91. The van der Waals surface area contributed by atoms with Crippen molar-refractivity contribution in [1.82, 2.24) is 15.2 Å². The van der Waals surface area contributed by atoms with E-state index in [-0.39, 0.29) is 5.91 Å². The summed E-state index contributed by atoms with van der Waals surface area (Å²) in [6, 6.07) is 7.50. The largest absolute Gasteiger partial charge is 0.330 e. The van der Waals surface area contributed by atoms with Crippen molar-refractivity contribution in [1.29, 1.82) is 0 Å². The van der Waals surface area contributed by atoms with E-state index in [0.29, 0.717) is 18.8 Å². The Hall–Kier alpha value is -2.21. The van der Waals surface area contributed by atoms with Gasteiger partial charge in [-0.25, -0.2) is 4.98 Å². The third-order valence-corrected chi connectivity index (χ3v) is 2.86. The maximum Gasteiger partial charge on any atom is 0.224 e. The zero-order valence-electron chi connectivity index (χ0n) is 11.5. The van der Waals surface area contributed by atoms with Gasteiger partial charge in [-0.3, -0.25) is 9.89 Å². The normalized spacial score (nSPS) is 10.5. The zero-order valence-corrected chi connectivity index (χ0v) is 11.5. The van der Waals surface area contributed by atoms with E-state index < -0.39 is 0 Å². The van der Waals surface area contributed by atoms with Gasteiger partial charge in [-0.2, -0.15) is 5.10 Å². The minimum absolute atomic E-state index is 0.00164. The number of aromatic nitrogens is 3. The summed E-state index contributed by atoms with van der Waals surface area (Å²) in [6.07, 6.45) is 2.16. The van der Waals surface area contributed by atoms with Crippen LogP contribution in [-0.2, 0) is 4.79 Å². The van der Waals surface area contributed by atoms with Gasteiger partial charge in [0.1, 0.15) is 5.82 Å². The number of aryl methyl sites for hydroxylation is 1. The molecule has 0 bridgehead atoms. The number of nitrogens with two attached hydrogens (primary N) is 1. The molecule has 0 aliphatic rings. The Kier molecular flexibility index (Phi) is 4.84. The van der Waals surface area contributed by atoms with Crippen molar-refractivity contribution >= 4 is 11.6 Å². The number of hydrogen-bond acceptors (Lipinski definition) is 4. The fourth-order valence-electron chi connectivity index (χ4n) is 1.86. The summed E-state index contributed by atoms with van der Waals surface area (Å²) < 4.78 is 0. The van der Waals surface area contributed by atoms with E-state index in [1.54, 1.807) is 0 Å². The molecule has 0 unspecified atom stereocenters. The lowest BCUT2D eigenvalue weighted by molar-refractivity contribution is -0.116. The van der Waals surface area contributed by atoms with Crippen LogP contribution >= 0.6 is 0 Å². The third kappa shape index (κ3) is 3.89. The number of anilines is 1. The molecule has 0 fully saturated rings. The number of carbonyl (C=O) groups is 1. The number of H-pyrrole nitrogens is 1. The second kappa shape index (κ2) is 6.81. The van der Waals surface area contributed by atoms with E-state index in [1.165, 1.54) is 0 Å². The summed E-state index contributed by atoms with van der Waals surface area (Å²) in [7, 11) is 0. The SMILES string of the molecule is Cc1nc(-c2cccc(NC(=O)CCCCN)c2)n[nH]1. The van der Waals surface area contributed by atoms with Gasteiger partial charge in [0.25, 0.3) is 0 Å². The number of amides is 1. The second-order valence-corrected chi connectivity index (χ2v) is 4.62. The monoisotopic (exact) mass is 273 g/mol. The van der Waals surface area contributed by atoms with Crippen LogP contribution in [0.5, 0.6) is 0 Å². The van der Waals surface area contributed by atoms with E-state index in [4.69, 9.17) is 5.73 Å². The molecule has 2 aromatic rings. The van der Waals surface area contributed by atoms with E-state index in [2.05, 4.69) is 20.5 Å². The highest BCUT2D eigenvalue weighted by Gasteiger charge is 2.06. The molecule has 0 radical (unpaired) electrons. The van der Waals surface area contributed by atoms with Crippen LogP contribution in [0.1, 0.15) is 25.1 Å². The van der Waals surface area contributed by atoms with Gasteiger partial charge in [0, 0.05) is 17.7 Å². The Morgan fingerprint density at radius 3 is 2.95 bits per heavy atom. The van der Waals surface area contributed by atoms with Crippen molar-refractivity contribution in [3.05, 3.63) is 30.1 Å². The topological polar surface area (TPSA) is 96.7 Å². The molecule has 0 saturated carbocycles. The molecule has 1 aromatic carbocycles. The molecule has 106 valence electrons. The van der Waals surface area contributed by atoms with Crippen molar-refractivity contribution in [2.24, 2.45) is 5.73 Å². The first-order chi connectivity index (χ1) is 9.69. The van der Waals surface area contributed by atoms with E-state index in [9.17, 15) is 4.79 Å². The van der Waals surface area contributed by atoms with Crippen molar-refractivity contribution in [2.45, 2.75) is 26.2 Å². The predicted octanol–water partition coefficient (Wildman–Crippen LogP) is 1.85. The first-order valence-corrected chi connectivity index (χ1v) is 6.68. The molecular formula is C14H19N5O. The quantitative estimate of drug-likeness (QED) is 0.700. The van der Waals surface area contributed by atoms with Crippen LogP contribution in [0.25, 0.3) is 11.4 Å². The van der Waals surface area contributed by atoms with Crippen LogP contribution in [0.3, 0.4) is 0 Å². The molecule has 0 aliphatic heterocycles. The Bertz CT molecular complexity index is 578. The molecule has 0 spiro atoms. The molecule has 2 rings (SSSR count). The number of nitrogens with zero attached hydrogens (tertiary/aromatic N) is 2. The van der Waals surface area contributed by atoms with Crippen molar-refractivity contribution in [2.75, 3.05) is 11.9 Å². The number of benzene rings is 1. The number of rotatable bonds is 6. The summed E-state index contributed by atoms with van der Waals surface area (Å²) in [5.74, 6) is 1.39. The first-order valence-electron chi connectivity index (χ1n) is 6.68. The van der Waals surface area contributed by atoms with Gasteiger partial charge in [-0.1, -0.05) is 12.1 Å². The highest BCUT2D eigenvalue weighted by Crippen LogP contribution is 2.19. The molecule has 1 heterocycles. The maximum absolute atomic E-state index is 11.7. The summed E-state index contributed by atoms with van der Waals surface area (Å²) >= 11 is 0. The number of unbranched alkanes of at least 4 members (excludes halogenated alkanes) is 1. The van der Waals surface area contributed by atoms with Crippen molar-refractivity contribution in [3.63, 3.8) is 0 Å². The minimum Gasteiger partial charge on any atom is -0.330 e. The number of hydrogen-bond donors (Lipinski definition) is 3. The molecule has 1 amide bonds. The molecule has 4 N–H and O–H groups in total.